The number of allylic oxidation sites excluding steroid dienone is 4. The zero-order valence-corrected chi connectivity index (χ0v) is 8.75. The highest BCUT2D eigenvalue weighted by Gasteiger charge is 2.12. The number of hydrogen-bond donors (Lipinski definition) is 0. The minimum atomic E-state index is -0.0656. The fourth-order valence-electron chi connectivity index (χ4n) is 1.45. The van der Waals surface area contributed by atoms with Gasteiger partial charge in [-0.05, 0) is 37.0 Å². The van der Waals surface area contributed by atoms with Crippen LogP contribution in [0.3, 0.4) is 0 Å². The molecule has 76 valence electrons. The molecule has 0 unspecified atom stereocenters. The minimum absolute atomic E-state index is 0.00615. The van der Waals surface area contributed by atoms with Crippen molar-refractivity contribution in [1.29, 1.82) is 0 Å². The van der Waals surface area contributed by atoms with Crippen LogP contribution in [0.25, 0.3) is 0 Å². The minimum Gasteiger partial charge on any atom is -0.290 e. The van der Waals surface area contributed by atoms with E-state index in [1.807, 2.05) is 0 Å². The van der Waals surface area contributed by atoms with Crippen LogP contribution in [0.15, 0.2) is 23.8 Å². The van der Waals surface area contributed by atoms with Crippen LogP contribution in [0.1, 0.15) is 33.1 Å². The highest BCUT2D eigenvalue weighted by Crippen LogP contribution is 2.15. The van der Waals surface area contributed by atoms with E-state index in [-0.39, 0.29) is 11.6 Å². The van der Waals surface area contributed by atoms with Gasteiger partial charge >= 0.3 is 0 Å². The quantitative estimate of drug-likeness (QED) is 0.641. The summed E-state index contributed by atoms with van der Waals surface area (Å²) in [5.74, 6) is 0.582. The van der Waals surface area contributed by atoms with Gasteiger partial charge in [-0.25, -0.2) is 0 Å². The summed E-state index contributed by atoms with van der Waals surface area (Å²) in [6, 6.07) is 0. The Labute approximate surface area is 84.7 Å². The average Bonchev–Trinajstić information content (AvgIpc) is 2.10. The molecule has 0 aromatic heterocycles. The molecule has 0 saturated heterocycles. The van der Waals surface area contributed by atoms with E-state index in [2.05, 4.69) is 13.8 Å². The second-order valence-corrected chi connectivity index (χ2v) is 4.06. The Bertz CT molecular complexity index is 295. The van der Waals surface area contributed by atoms with Gasteiger partial charge < -0.3 is 0 Å². The SMILES string of the molecule is CC(C)CCCC1=CC(=O)C=CC1=O. The van der Waals surface area contributed by atoms with Crippen molar-refractivity contribution in [3.05, 3.63) is 23.8 Å². The molecule has 0 spiro atoms. The second-order valence-electron chi connectivity index (χ2n) is 4.06. The number of carbonyl (C=O) groups is 2. The summed E-state index contributed by atoms with van der Waals surface area (Å²) >= 11 is 0. The van der Waals surface area contributed by atoms with Crippen molar-refractivity contribution >= 4 is 11.6 Å². The Hall–Kier alpha value is -1.18. The first-order valence-electron chi connectivity index (χ1n) is 5.06. The summed E-state index contributed by atoms with van der Waals surface area (Å²) < 4.78 is 0. The van der Waals surface area contributed by atoms with Crippen LogP contribution in [-0.4, -0.2) is 11.6 Å². The van der Waals surface area contributed by atoms with Gasteiger partial charge in [0, 0.05) is 5.57 Å². The maximum Gasteiger partial charge on any atom is 0.182 e. The molecule has 1 aliphatic rings. The fraction of sp³-hybridized carbons (Fsp3) is 0.500. The van der Waals surface area contributed by atoms with E-state index in [9.17, 15) is 9.59 Å². The molecule has 2 nitrogen and oxygen atoms in total. The van der Waals surface area contributed by atoms with Crippen molar-refractivity contribution in [2.45, 2.75) is 33.1 Å². The number of rotatable bonds is 4. The molecule has 0 aromatic carbocycles. The van der Waals surface area contributed by atoms with Crippen LogP contribution in [0, 0.1) is 5.92 Å². The van der Waals surface area contributed by atoms with Gasteiger partial charge in [0.1, 0.15) is 0 Å². The molecule has 0 aromatic rings. The van der Waals surface area contributed by atoms with Crippen molar-refractivity contribution in [2.75, 3.05) is 0 Å². The largest absolute Gasteiger partial charge is 0.290 e. The van der Waals surface area contributed by atoms with Gasteiger partial charge in [-0.15, -0.1) is 0 Å². The lowest BCUT2D eigenvalue weighted by molar-refractivity contribution is -0.114. The summed E-state index contributed by atoms with van der Waals surface area (Å²) in [6.07, 6.45) is 6.97. The third-order valence-corrected chi connectivity index (χ3v) is 2.26. The van der Waals surface area contributed by atoms with Crippen LogP contribution >= 0.6 is 0 Å². The van der Waals surface area contributed by atoms with Gasteiger partial charge in [0.2, 0.25) is 0 Å². The summed E-state index contributed by atoms with van der Waals surface area (Å²) in [4.78, 5) is 22.3. The lowest BCUT2D eigenvalue weighted by Gasteiger charge is -2.07. The Balaban J connectivity index is 2.44. The molecule has 0 atom stereocenters. The van der Waals surface area contributed by atoms with Crippen LogP contribution in [0.2, 0.25) is 0 Å². The molecule has 1 rings (SSSR count). The Morgan fingerprint density at radius 2 is 1.93 bits per heavy atom. The van der Waals surface area contributed by atoms with Crippen molar-refractivity contribution in [3.8, 4) is 0 Å². The highest BCUT2D eigenvalue weighted by molar-refractivity contribution is 6.17. The van der Waals surface area contributed by atoms with Crippen LogP contribution in [0.4, 0.5) is 0 Å². The smallest absolute Gasteiger partial charge is 0.182 e. The lowest BCUT2D eigenvalue weighted by Crippen LogP contribution is -2.07. The normalized spacial score (nSPS) is 16.4. The summed E-state index contributed by atoms with van der Waals surface area (Å²) in [5.41, 5.74) is 0.665. The van der Waals surface area contributed by atoms with E-state index < -0.39 is 0 Å². The first-order valence-corrected chi connectivity index (χ1v) is 5.06. The molecular weight excluding hydrogens is 176 g/mol. The predicted octanol–water partition coefficient (Wildman–Crippen LogP) is 2.45. The number of ketones is 2. The van der Waals surface area contributed by atoms with E-state index in [1.54, 1.807) is 0 Å². The number of hydrogen-bond acceptors (Lipinski definition) is 2. The third-order valence-electron chi connectivity index (χ3n) is 2.26. The standard InChI is InChI=1S/C12H16O2/c1-9(2)4-3-5-10-8-11(13)6-7-12(10)14/h6-9H,3-5H2,1-2H3. The van der Waals surface area contributed by atoms with Gasteiger partial charge in [0.15, 0.2) is 11.6 Å². The molecule has 0 saturated carbocycles. The van der Waals surface area contributed by atoms with E-state index >= 15 is 0 Å². The topological polar surface area (TPSA) is 34.1 Å². The fourth-order valence-corrected chi connectivity index (χ4v) is 1.45. The average molecular weight is 192 g/mol. The van der Waals surface area contributed by atoms with Gasteiger partial charge in [0.25, 0.3) is 0 Å². The molecule has 0 aliphatic heterocycles. The Kier molecular flexibility index (Phi) is 3.81. The first-order chi connectivity index (χ1) is 6.59. The molecule has 0 radical (unpaired) electrons. The summed E-state index contributed by atoms with van der Waals surface area (Å²) in [7, 11) is 0. The zero-order valence-electron chi connectivity index (χ0n) is 8.75. The maximum absolute atomic E-state index is 11.3. The van der Waals surface area contributed by atoms with Gasteiger partial charge in [-0.2, -0.15) is 0 Å². The monoisotopic (exact) mass is 192 g/mol. The van der Waals surface area contributed by atoms with Crippen molar-refractivity contribution in [2.24, 2.45) is 5.92 Å². The third kappa shape index (κ3) is 3.29. The zero-order chi connectivity index (χ0) is 10.6. The first kappa shape index (κ1) is 10.9. The lowest BCUT2D eigenvalue weighted by atomic mass is 9.96. The van der Waals surface area contributed by atoms with Gasteiger partial charge in [0.05, 0.1) is 0 Å². The van der Waals surface area contributed by atoms with Crippen LogP contribution in [0.5, 0.6) is 0 Å². The van der Waals surface area contributed by atoms with Gasteiger partial charge in [-0.3, -0.25) is 9.59 Å². The van der Waals surface area contributed by atoms with Crippen LogP contribution < -0.4 is 0 Å². The molecule has 0 heterocycles. The Morgan fingerprint density at radius 3 is 2.57 bits per heavy atom. The van der Waals surface area contributed by atoms with Crippen molar-refractivity contribution < 1.29 is 9.59 Å². The summed E-state index contributed by atoms with van der Waals surface area (Å²) in [5, 5.41) is 0. The summed E-state index contributed by atoms with van der Waals surface area (Å²) in [6.45, 7) is 4.31. The second kappa shape index (κ2) is 4.89. The van der Waals surface area contributed by atoms with Crippen molar-refractivity contribution in [1.82, 2.24) is 0 Å². The highest BCUT2D eigenvalue weighted by atomic mass is 16.1. The van der Waals surface area contributed by atoms with E-state index in [0.717, 1.165) is 19.3 Å². The van der Waals surface area contributed by atoms with Crippen molar-refractivity contribution in [3.63, 3.8) is 0 Å². The van der Waals surface area contributed by atoms with E-state index in [0.29, 0.717) is 11.5 Å². The molecular formula is C12H16O2. The molecule has 0 bridgehead atoms. The number of carbonyl (C=O) groups excluding carboxylic acids is 2. The molecule has 2 heteroatoms. The molecule has 0 fully saturated rings. The molecule has 14 heavy (non-hydrogen) atoms. The predicted molar refractivity (Wildman–Crippen MR) is 55.9 cm³/mol. The molecule has 1 aliphatic carbocycles. The maximum atomic E-state index is 11.3. The molecule has 0 N–H and O–H groups in total. The van der Waals surface area contributed by atoms with E-state index in [4.69, 9.17) is 0 Å². The Morgan fingerprint density at radius 1 is 1.21 bits per heavy atom. The van der Waals surface area contributed by atoms with Crippen LogP contribution in [-0.2, 0) is 9.59 Å². The van der Waals surface area contributed by atoms with E-state index in [1.165, 1.54) is 18.2 Å². The molecule has 0 amide bonds. The van der Waals surface area contributed by atoms with Gasteiger partial charge in [-0.1, -0.05) is 20.3 Å².